The van der Waals surface area contributed by atoms with E-state index < -0.39 is 5.97 Å². The van der Waals surface area contributed by atoms with Crippen molar-refractivity contribution >= 4 is 29.1 Å². The molecule has 1 aliphatic heterocycles. The van der Waals surface area contributed by atoms with E-state index in [4.69, 9.17) is 9.84 Å². The summed E-state index contributed by atoms with van der Waals surface area (Å²) in [5.41, 5.74) is 1.18. The third kappa shape index (κ3) is 5.04. The molecule has 0 radical (unpaired) electrons. The Morgan fingerprint density at radius 1 is 1.38 bits per heavy atom. The van der Waals surface area contributed by atoms with Crippen LogP contribution in [0.25, 0.3) is 0 Å². The maximum atomic E-state index is 12.3. The lowest BCUT2D eigenvalue weighted by molar-refractivity contribution is -0.145. The maximum Gasteiger partial charge on any atom is 0.323 e. The van der Waals surface area contributed by atoms with Crippen molar-refractivity contribution in [1.29, 1.82) is 0 Å². The van der Waals surface area contributed by atoms with Crippen molar-refractivity contribution < 1.29 is 24.2 Å². The number of carboxylic acid groups (broad SMARTS) is 1. The maximum absolute atomic E-state index is 12.3. The van der Waals surface area contributed by atoms with Crippen molar-refractivity contribution in [3.05, 3.63) is 21.9 Å². The van der Waals surface area contributed by atoms with Gasteiger partial charge in [-0.15, -0.1) is 11.3 Å². The third-order valence-electron chi connectivity index (χ3n) is 3.96. The molecule has 0 spiro atoms. The Morgan fingerprint density at radius 2 is 2.17 bits per heavy atom. The fourth-order valence-corrected chi connectivity index (χ4v) is 3.54. The van der Waals surface area contributed by atoms with Crippen molar-refractivity contribution in [3.8, 4) is 0 Å². The van der Waals surface area contributed by atoms with E-state index in [9.17, 15) is 14.4 Å². The monoisotopic (exact) mass is 354 g/mol. The summed E-state index contributed by atoms with van der Waals surface area (Å²) in [6.07, 6.45) is 0.968. The summed E-state index contributed by atoms with van der Waals surface area (Å²) in [5, 5.41) is 10.9. The topological polar surface area (TPSA) is 87.1 Å². The predicted octanol–water partition coefficient (Wildman–Crippen LogP) is 0.973. The van der Waals surface area contributed by atoms with Crippen LogP contribution in [0.5, 0.6) is 0 Å². The molecule has 1 N–H and O–H groups in total. The number of carbonyl (C=O) groups excluding carboxylic acids is 2. The Balaban J connectivity index is 1.83. The summed E-state index contributed by atoms with van der Waals surface area (Å²) in [5.74, 6) is -1.48. The van der Waals surface area contributed by atoms with E-state index in [1.807, 2.05) is 11.4 Å². The highest BCUT2D eigenvalue weighted by molar-refractivity contribution is 7.10. The summed E-state index contributed by atoms with van der Waals surface area (Å²) in [4.78, 5) is 39.6. The van der Waals surface area contributed by atoms with E-state index >= 15 is 0 Å². The average Bonchev–Trinajstić information content (AvgIpc) is 3.03. The van der Waals surface area contributed by atoms with Crippen LogP contribution in [-0.2, 0) is 32.1 Å². The highest BCUT2D eigenvalue weighted by atomic mass is 32.1. The molecule has 0 saturated carbocycles. The lowest BCUT2D eigenvalue weighted by atomic mass is 10.1. The van der Waals surface area contributed by atoms with Gasteiger partial charge in [-0.05, 0) is 23.4 Å². The number of hydrogen-bond donors (Lipinski definition) is 1. The van der Waals surface area contributed by atoms with E-state index in [0.29, 0.717) is 13.1 Å². The van der Waals surface area contributed by atoms with E-state index in [1.165, 1.54) is 22.5 Å². The molecule has 0 aromatic carbocycles. The molecular formula is C16H22N2O5S. The van der Waals surface area contributed by atoms with Crippen LogP contribution >= 0.6 is 11.3 Å². The van der Waals surface area contributed by atoms with E-state index in [0.717, 1.165) is 6.42 Å². The number of ether oxygens (including phenoxy) is 1. The smallest absolute Gasteiger partial charge is 0.323 e. The molecule has 1 aromatic heterocycles. The third-order valence-corrected chi connectivity index (χ3v) is 4.98. The number of rotatable bonds is 8. The Labute approximate surface area is 144 Å². The molecule has 1 aliphatic rings. The summed E-state index contributed by atoms with van der Waals surface area (Å²) < 4.78 is 4.89. The zero-order valence-electron chi connectivity index (χ0n) is 13.7. The van der Waals surface area contributed by atoms with Crippen molar-refractivity contribution in [2.45, 2.75) is 25.8 Å². The second-order valence-electron chi connectivity index (χ2n) is 5.64. The molecule has 2 rings (SSSR count). The van der Waals surface area contributed by atoms with Gasteiger partial charge in [0.15, 0.2) is 0 Å². The number of methoxy groups -OCH3 is 1. The van der Waals surface area contributed by atoms with Crippen LogP contribution < -0.4 is 0 Å². The predicted molar refractivity (Wildman–Crippen MR) is 88.8 cm³/mol. The van der Waals surface area contributed by atoms with Crippen LogP contribution in [0.2, 0.25) is 0 Å². The molecule has 2 heterocycles. The number of thiophene rings is 1. The molecule has 0 unspecified atom stereocenters. The Bertz CT molecular complexity index is 601. The lowest BCUT2D eigenvalue weighted by Crippen LogP contribution is -2.39. The van der Waals surface area contributed by atoms with Crippen LogP contribution in [0.3, 0.4) is 0 Å². The second-order valence-corrected chi connectivity index (χ2v) is 6.64. The minimum absolute atomic E-state index is 0.0167. The molecule has 0 aliphatic carbocycles. The zero-order chi connectivity index (χ0) is 17.5. The summed E-state index contributed by atoms with van der Waals surface area (Å²) >= 11 is 1.71. The molecule has 0 fully saturated rings. The van der Waals surface area contributed by atoms with Gasteiger partial charge in [0.25, 0.3) is 0 Å². The number of nitrogens with zero attached hydrogens (tertiary/aromatic N) is 2. The first-order valence-electron chi connectivity index (χ1n) is 7.82. The van der Waals surface area contributed by atoms with Gasteiger partial charge in [-0.2, -0.15) is 0 Å². The second kappa shape index (κ2) is 8.79. The van der Waals surface area contributed by atoms with Gasteiger partial charge in [0.1, 0.15) is 6.54 Å². The molecule has 0 bridgehead atoms. The van der Waals surface area contributed by atoms with Crippen LogP contribution in [0.4, 0.5) is 0 Å². The Kier molecular flexibility index (Phi) is 6.74. The standard InChI is InChI=1S/C16H22N2O5S/c1-23-8-7-18(11-16(21)22)15(20)3-2-14(19)17-6-4-13-12(10-17)5-9-24-13/h5,9H,2-4,6-8,10-11H2,1H3,(H,21,22). The van der Waals surface area contributed by atoms with Gasteiger partial charge in [-0.25, -0.2) is 0 Å². The molecule has 1 aromatic rings. The number of carboxylic acids is 1. The van der Waals surface area contributed by atoms with Gasteiger partial charge in [0.2, 0.25) is 11.8 Å². The van der Waals surface area contributed by atoms with E-state index in [2.05, 4.69) is 0 Å². The van der Waals surface area contributed by atoms with Gasteiger partial charge in [-0.1, -0.05) is 0 Å². The Hall–Kier alpha value is -1.93. The number of hydrogen-bond acceptors (Lipinski definition) is 5. The molecule has 2 amide bonds. The Morgan fingerprint density at radius 3 is 2.88 bits per heavy atom. The lowest BCUT2D eigenvalue weighted by Gasteiger charge is -2.27. The van der Waals surface area contributed by atoms with Crippen LogP contribution in [0.1, 0.15) is 23.3 Å². The van der Waals surface area contributed by atoms with Crippen molar-refractivity contribution in [2.75, 3.05) is 33.4 Å². The first-order valence-corrected chi connectivity index (χ1v) is 8.70. The van der Waals surface area contributed by atoms with Gasteiger partial charge in [0.05, 0.1) is 6.61 Å². The highest BCUT2D eigenvalue weighted by Crippen LogP contribution is 2.24. The van der Waals surface area contributed by atoms with Crippen molar-refractivity contribution in [2.24, 2.45) is 0 Å². The number of amides is 2. The van der Waals surface area contributed by atoms with Crippen molar-refractivity contribution in [1.82, 2.24) is 9.80 Å². The van der Waals surface area contributed by atoms with Crippen LogP contribution in [0, 0.1) is 0 Å². The van der Waals surface area contributed by atoms with Gasteiger partial charge < -0.3 is 19.6 Å². The summed E-state index contributed by atoms with van der Waals surface area (Å²) in [6.45, 7) is 1.35. The summed E-state index contributed by atoms with van der Waals surface area (Å²) in [6, 6.07) is 2.03. The van der Waals surface area contributed by atoms with E-state index in [1.54, 1.807) is 16.2 Å². The number of aliphatic carboxylic acids is 1. The quantitative estimate of drug-likeness (QED) is 0.752. The molecule has 132 valence electrons. The normalized spacial score (nSPS) is 13.5. The van der Waals surface area contributed by atoms with Crippen LogP contribution in [-0.4, -0.2) is 66.0 Å². The number of fused-ring (bicyclic) bond motifs is 1. The first-order chi connectivity index (χ1) is 11.5. The fourth-order valence-electron chi connectivity index (χ4n) is 2.65. The van der Waals surface area contributed by atoms with Crippen molar-refractivity contribution in [3.63, 3.8) is 0 Å². The van der Waals surface area contributed by atoms with E-state index in [-0.39, 0.29) is 44.4 Å². The molecule has 24 heavy (non-hydrogen) atoms. The largest absolute Gasteiger partial charge is 0.480 e. The highest BCUT2D eigenvalue weighted by Gasteiger charge is 2.23. The fraction of sp³-hybridized carbons (Fsp3) is 0.562. The molecule has 0 atom stereocenters. The van der Waals surface area contributed by atoms with Crippen LogP contribution in [0.15, 0.2) is 11.4 Å². The minimum Gasteiger partial charge on any atom is -0.480 e. The average molecular weight is 354 g/mol. The molecular weight excluding hydrogens is 332 g/mol. The van der Waals surface area contributed by atoms with Gasteiger partial charge in [-0.3, -0.25) is 14.4 Å². The molecule has 8 heteroatoms. The molecule has 7 nitrogen and oxygen atoms in total. The van der Waals surface area contributed by atoms with Gasteiger partial charge >= 0.3 is 5.97 Å². The summed E-state index contributed by atoms with van der Waals surface area (Å²) in [7, 11) is 1.49. The number of carbonyl (C=O) groups is 3. The zero-order valence-corrected chi connectivity index (χ0v) is 14.5. The first kappa shape index (κ1) is 18.4. The minimum atomic E-state index is -1.08. The molecule has 0 saturated heterocycles. The van der Waals surface area contributed by atoms with Gasteiger partial charge in [0, 0.05) is 44.5 Å². The SMILES string of the molecule is COCCN(CC(=O)O)C(=O)CCC(=O)N1CCc2sccc2C1.